The zero-order chi connectivity index (χ0) is 12.7. The molecule has 18 heavy (non-hydrogen) atoms. The minimum absolute atomic E-state index is 0.0257. The third kappa shape index (κ3) is 1.76. The number of carboxylic acid groups (broad SMARTS) is 1. The lowest BCUT2D eigenvalue weighted by molar-refractivity contribution is -0.142. The van der Waals surface area contributed by atoms with E-state index >= 15 is 0 Å². The maximum Gasteiger partial charge on any atom is 0.311 e. The highest BCUT2D eigenvalue weighted by Gasteiger charge is 2.42. The highest BCUT2D eigenvalue weighted by Crippen LogP contribution is 2.43. The van der Waals surface area contributed by atoms with Crippen molar-refractivity contribution in [1.82, 2.24) is 0 Å². The fourth-order valence-corrected chi connectivity index (χ4v) is 3.19. The number of benzene rings is 1. The van der Waals surface area contributed by atoms with Crippen LogP contribution in [0.4, 0.5) is 5.69 Å². The van der Waals surface area contributed by atoms with Crippen LogP contribution in [-0.2, 0) is 9.53 Å². The van der Waals surface area contributed by atoms with E-state index in [1.54, 1.807) is 12.1 Å². The van der Waals surface area contributed by atoms with E-state index in [0.29, 0.717) is 18.2 Å². The molecule has 0 aliphatic carbocycles. The zero-order valence-electron chi connectivity index (χ0n) is 9.73. The van der Waals surface area contributed by atoms with Crippen LogP contribution in [0.3, 0.4) is 0 Å². The van der Waals surface area contributed by atoms with Gasteiger partial charge in [-0.2, -0.15) is 0 Å². The topological polar surface area (TPSA) is 58.6 Å². The molecule has 1 aromatic carbocycles. The molecule has 3 unspecified atom stereocenters. The second-order valence-electron chi connectivity index (χ2n) is 4.80. The number of fused-ring (bicyclic) bond motifs is 2. The predicted molar refractivity (Wildman–Crippen MR) is 68.2 cm³/mol. The summed E-state index contributed by atoms with van der Waals surface area (Å²) in [5.41, 5.74) is 1.54. The Morgan fingerprint density at radius 3 is 3.11 bits per heavy atom. The van der Waals surface area contributed by atoms with E-state index in [1.165, 1.54) is 0 Å². The van der Waals surface area contributed by atoms with Gasteiger partial charge in [0.15, 0.2) is 0 Å². The molecule has 2 aliphatic rings. The number of nitrogens with one attached hydrogen (secondary N) is 1. The van der Waals surface area contributed by atoms with Crippen LogP contribution in [0.1, 0.15) is 17.9 Å². The normalized spacial score (nSPS) is 29.9. The average Bonchev–Trinajstić information content (AvgIpc) is 2.36. The van der Waals surface area contributed by atoms with Crippen molar-refractivity contribution in [2.24, 2.45) is 5.92 Å². The van der Waals surface area contributed by atoms with Gasteiger partial charge in [0.05, 0.1) is 23.2 Å². The molecule has 96 valence electrons. The van der Waals surface area contributed by atoms with E-state index in [4.69, 9.17) is 16.3 Å². The van der Waals surface area contributed by atoms with E-state index in [1.807, 2.05) is 6.07 Å². The Kier molecular flexibility index (Phi) is 2.92. The summed E-state index contributed by atoms with van der Waals surface area (Å²) < 4.78 is 5.43. The summed E-state index contributed by atoms with van der Waals surface area (Å²) in [5, 5.41) is 13.5. The number of ether oxygens (including phenoxy) is 1. The van der Waals surface area contributed by atoms with Crippen molar-refractivity contribution in [3.8, 4) is 0 Å². The van der Waals surface area contributed by atoms with E-state index in [2.05, 4.69) is 5.32 Å². The van der Waals surface area contributed by atoms with Gasteiger partial charge in [0.2, 0.25) is 0 Å². The van der Waals surface area contributed by atoms with Gasteiger partial charge in [-0.3, -0.25) is 4.79 Å². The number of rotatable bonds is 1. The van der Waals surface area contributed by atoms with Crippen molar-refractivity contribution < 1.29 is 14.6 Å². The number of carboxylic acids is 1. The highest BCUT2D eigenvalue weighted by molar-refractivity contribution is 6.33. The van der Waals surface area contributed by atoms with Gasteiger partial charge in [0, 0.05) is 18.6 Å². The number of hydrogen-bond donors (Lipinski definition) is 2. The molecule has 0 aromatic heterocycles. The van der Waals surface area contributed by atoms with Gasteiger partial charge in [0.1, 0.15) is 0 Å². The lowest BCUT2D eigenvalue weighted by Crippen LogP contribution is -2.46. The third-order valence-electron chi connectivity index (χ3n) is 3.81. The zero-order valence-corrected chi connectivity index (χ0v) is 10.5. The predicted octanol–water partition coefficient (Wildman–Crippen LogP) is 2.34. The summed E-state index contributed by atoms with van der Waals surface area (Å²) >= 11 is 6.16. The lowest BCUT2D eigenvalue weighted by atomic mass is 9.76. The third-order valence-corrected chi connectivity index (χ3v) is 4.12. The van der Waals surface area contributed by atoms with Gasteiger partial charge in [-0.25, -0.2) is 0 Å². The van der Waals surface area contributed by atoms with E-state index in [9.17, 15) is 9.90 Å². The molecule has 3 atom stereocenters. The summed E-state index contributed by atoms with van der Waals surface area (Å²) in [5.74, 6) is -1.37. The Morgan fingerprint density at radius 2 is 2.33 bits per heavy atom. The van der Waals surface area contributed by atoms with Crippen LogP contribution in [-0.4, -0.2) is 30.3 Å². The first-order chi connectivity index (χ1) is 8.68. The van der Waals surface area contributed by atoms with Crippen LogP contribution in [0, 0.1) is 5.92 Å². The van der Waals surface area contributed by atoms with Crippen molar-refractivity contribution >= 4 is 23.3 Å². The summed E-state index contributed by atoms with van der Waals surface area (Å²) in [7, 11) is 0. The minimum Gasteiger partial charge on any atom is -0.481 e. The maximum absolute atomic E-state index is 11.6. The van der Waals surface area contributed by atoms with Crippen molar-refractivity contribution in [2.45, 2.75) is 18.4 Å². The molecule has 0 amide bonds. The Balaban J connectivity index is 2.10. The molecule has 4 nitrogen and oxygen atoms in total. The second kappa shape index (κ2) is 4.44. The summed E-state index contributed by atoms with van der Waals surface area (Å²) in [6, 6.07) is 5.54. The Hall–Kier alpha value is -1.26. The van der Waals surface area contributed by atoms with E-state index < -0.39 is 11.9 Å². The number of halogens is 1. The largest absolute Gasteiger partial charge is 0.481 e. The SMILES string of the molecule is O=C(O)C1c2cccc(Cl)c2NC2CCOCC21. The monoisotopic (exact) mass is 267 g/mol. The smallest absolute Gasteiger partial charge is 0.311 e. The van der Waals surface area contributed by atoms with Gasteiger partial charge >= 0.3 is 5.97 Å². The fourth-order valence-electron chi connectivity index (χ4n) is 2.95. The molecule has 0 bridgehead atoms. The maximum atomic E-state index is 11.6. The van der Waals surface area contributed by atoms with Crippen LogP contribution in [0.15, 0.2) is 18.2 Å². The quantitative estimate of drug-likeness (QED) is 0.820. The van der Waals surface area contributed by atoms with Crippen LogP contribution in [0.25, 0.3) is 0 Å². The molecule has 2 N–H and O–H groups in total. The van der Waals surface area contributed by atoms with Crippen LogP contribution in [0.2, 0.25) is 5.02 Å². The van der Waals surface area contributed by atoms with Crippen LogP contribution < -0.4 is 5.32 Å². The molecule has 2 heterocycles. The van der Waals surface area contributed by atoms with Gasteiger partial charge < -0.3 is 15.2 Å². The van der Waals surface area contributed by atoms with Gasteiger partial charge in [0.25, 0.3) is 0 Å². The van der Waals surface area contributed by atoms with Crippen molar-refractivity contribution in [3.05, 3.63) is 28.8 Å². The average molecular weight is 268 g/mol. The number of aliphatic carboxylic acids is 1. The van der Waals surface area contributed by atoms with Crippen LogP contribution in [0.5, 0.6) is 0 Å². The number of para-hydroxylation sites is 1. The van der Waals surface area contributed by atoms with Gasteiger partial charge in [-0.15, -0.1) is 0 Å². The lowest BCUT2D eigenvalue weighted by Gasteiger charge is -2.41. The summed E-state index contributed by atoms with van der Waals surface area (Å²) in [6.45, 7) is 1.15. The molecular weight excluding hydrogens is 254 g/mol. The van der Waals surface area contributed by atoms with E-state index in [-0.39, 0.29) is 12.0 Å². The van der Waals surface area contributed by atoms with Crippen LogP contribution >= 0.6 is 11.6 Å². The first-order valence-electron chi connectivity index (χ1n) is 6.04. The Labute approximate surface area is 110 Å². The molecule has 0 saturated carbocycles. The molecule has 3 rings (SSSR count). The summed E-state index contributed by atoms with van der Waals surface area (Å²) in [4.78, 5) is 11.6. The molecular formula is C13H14ClNO3. The van der Waals surface area contributed by atoms with Gasteiger partial charge in [-0.05, 0) is 18.1 Å². The Bertz CT molecular complexity index is 491. The standard InChI is InChI=1S/C13H14ClNO3/c14-9-3-1-2-7-11(13(16)17)8-6-18-5-4-10(8)15-12(7)9/h1-3,8,10-11,15H,4-6H2,(H,16,17). The number of anilines is 1. The molecule has 1 aromatic rings. The number of hydrogen-bond acceptors (Lipinski definition) is 3. The van der Waals surface area contributed by atoms with Crippen molar-refractivity contribution in [2.75, 3.05) is 18.5 Å². The first-order valence-corrected chi connectivity index (χ1v) is 6.42. The van der Waals surface area contributed by atoms with Crippen molar-refractivity contribution in [3.63, 3.8) is 0 Å². The second-order valence-corrected chi connectivity index (χ2v) is 5.21. The number of carbonyl (C=O) groups is 1. The Morgan fingerprint density at radius 1 is 1.50 bits per heavy atom. The molecule has 2 aliphatic heterocycles. The minimum atomic E-state index is -0.805. The molecule has 5 heteroatoms. The first kappa shape index (κ1) is 11.8. The van der Waals surface area contributed by atoms with Crippen molar-refractivity contribution in [1.29, 1.82) is 0 Å². The molecule has 1 fully saturated rings. The van der Waals surface area contributed by atoms with E-state index in [0.717, 1.165) is 17.7 Å². The summed E-state index contributed by atoms with van der Waals surface area (Å²) in [6.07, 6.45) is 0.819. The highest BCUT2D eigenvalue weighted by atomic mass is 35.5. The molecule has 1 saturated heterocycles. The van der Waals surface area contributed by atoms with Gasteiger partial charge in [-0.1, -0.05) is 23.7 Å². The fraction of sp³-hybridized carbons (Fsp3) is 0.462. The molecule has 0 radical (unpaired) electrons. The molecule has 0 spiro atoms.